The van der Waals surface area contributed by atoms with Crippen LogP contribution in [-0.4, -0.2) is 50.6 Å². The second-order valence-electron chi connectivity index (χ2n) is 5.04. The monoisotopic (exact) mass is 380 g/mol. The van der Waals surface area contributed by atoms with Crippen LogP contribution in [0, 0.1) is 0 Å². The van der Waals surface area contributed by atoms with Crippen LogP contribution in [-0.2, 0) is 10.0 Å². The highest BCUT2D eigenvalue weighted by Gasteiger charge is 2.27. The third kappa shape index (κ3) is 3.85. The van der Waals surface area contributed by atoms with Gasteiger partial charge in [-0.2, -0.15) is 0 Å². The van der Waals surface area contributed by atoms with E-state index in [9.17, 15) is 13.2 Å². The summed E-state index contributed by atoms with van der Waals surface area (Å²) in [4.78, 5) is 12.7. The Labute approximate surface area is 131 Å². The number of likely N-dealkylation sites (N-methyl/N-ethyl adjacent to an activating group) is 1. The zero-order valence-electron chi connectivity index (χ0n) is 11.5. The second-order valence-corrected chi connectivity index (χ2v) is 7.49. The molecular weight excluding hydrogens is 364 g/mol. The minimum Gasteiger partial charge on any atom is -0.475 e. The molecule has 1 aliphatic rings. The number of nitrogens with zero attached hydrogens (tertiary/aromatic N) is 1. The minimum atomic E-state index is -3.81. The first-order valence-electron chi connectivity index (χ1n) is 6.54. The van der Waals surface area contributed by atoms with E-state index in [0.717, 1.165) is 31.9 Å². The first-order valence-corrected chi connectivity index (χ1v) is 8.81. The molecule has 2 rings (SSSR count). The number of halogens is 1. The van der Waals surface area contributed by atoms with Gasteiger partial charge in [-0.25, -0.2) is 17.9 Å². The lowest BCUT2D eigenvalue weighted by Gasteiger charge is -2.32. The maximum absolute atomic E-state index is 12.2. The van der Waals surface area contributed by atoms with Crippen molar-refractivity contribution in [2.75, 3.05) is 20.1 Å². The molecule has 0 bridgehead atoms. The van der Waals surface area contributed by atoms with Gasteiger partial charge in [-0.15, -0.1) is 0 Å². The fraction of sp³-hybridized carbons (Fsp3) is 0.583. The highest BCUT2D eigenvalue weighted by atomic mass is 79.9. The lowest BCUT2D eigenvalue weighted by atomic mass is 10.0. The summed E-state index contributed by atoms with van der Waals surface area (Å²) in [5.74, 6) is -1.74. The zero-order chi connectivity index (χ0) is 15.6. The summed E-state index contributed by atoms with van der Waals surface area (Å²) in [6.45, 7) is 1.24. The Kier molecular flexibility index (Phi) is 5.07. The molecule has 1 aliphatic heterocycles. The molecule has 2 N–H and O–H groups in total. The van der Waals surface area contributed by atoms with Gasteiger partial charge >= 0.3 is 5.97 Å². The molecule has 1 unspecified atom stereocenters. The van der Waals surface area contributed by atoms with E-state index in [0.29, 0.717) is 6.54 Å². The van der Waals surface area contributed by atoms with E-state index in [1.807, 2.05) is 7.05 Å². The van der Waals surface area contributed by atoms with Crippen LogP contribution in [0.1, 0.15) is 29.8 Å². The largest absolute Gasteiger partial charge is 0.475 e. The van der Waals surface area contributed by atoms with Crippen molar-refractivity contribution in [1.29, 1.82) is 0 Å². The summed E-state index contributed by atoms with van der Waals surface area (Å²) in [5, 5.41) is 8.82. The van der Waals surface area contributed by atoms with Crippen LogP contribution in [0.15, 0.2) is 20.0 Å². The quantitative estimate of drug-likeness (QED) is 0.802. The third-order valence-corrected chi connectivity index (χ3v) is 5.87. The van der Waals surface area contributed by atoms with Gasteiger partial charge in [-0.1, -0.05) is 6.42 Å². The lowest BCUT2D eigenvalue weighted by Crippen LogP contribution is -2.44. The number of hydrogen-bond acceptors (Lipinski definition) is 5. The van der Waals surface area contributed by atoms with Crippen LogP contribution in [0.5, 0.6) is 0 Å². The normalized spacial score (nSPS) is 20.6. The molecule has 21 heavy (non-hydrogen) atoms. The van der Waals surface area contributed by atoms with E-state index in [1.54, 1.807) is 0 Å². The Morgan fingerprint density at radius 3 is 2.86 bits per heavy atom. The van der Waals surface area contributed by atoms with E-state index >= 15 is 0 Å². The van der Waals surface area contributed by atoms with Gasteiger partial charge in [0.25, 0.3) is 0 Å². The Morgan fingerprint density at radius 1 is 1.57 bits per heavy atom. The predicted octanol–water partition coefficient (Wildman–Crippen LogP) is 1.50. The van der Waals surface area contributed by atoms with Crippen molar-refractivity contribution in [3.05, 3.63) is 16.5 Å². The maximum Gasteiger partial charge on any atom is 0.371 e. The molecule has 1 aromatic rings. The van der Waals surface area contributed by atoms with E-state index in [2.05, 4.69) is 25.6 Å². The molecule has 0 saturated carbocycles. The summed E-state index contributed by atoms with van der Waals surface area (Å²) >= 11 is 2.94. The number of rotatable bonds is 5. The molecule has 1 atom stereocenters. The number of piperidine rings is 1. The number of likely N-dealkylation sites (tertiary alicyclic amines) is 1. The molecule has 1 saturated heterocycles. The van der Waals surface area contributed by atoms with E-state index in [1.165, 1.54) is 0 Å². The first kappa shape index (κ1) is 16.5. The Balaban J connectivity index is 2.09. The molecule has 0 radical (unpaired) electrons. The highest BCUT2D eigenvalue weighted by Crippen LogP contribution is 2.26. The smallest absolute Gasteiger partial charge is 0.371 e. The second kappa shape index (κ2) is 6.47. The van der Waals surface area contributed by atoms with E-state index in [4.69, 9.17) is 9.52 Å². The van der Waals surface area contributed by atoms with Gasteiger partial charge in [0.2, 0.25) is 15.8 Å². The lowest BCUT2D eigenvalue weighted by molar-refractivity contribution is 0.0661. The number of carbonyl (C=O) groups is 1. The van der Waals surface area contributed by atoms with Gasteiger partial charge in [0.1, 0.15) is 4.90 Å². The highest BCUT2D eigenvalue weighted by molar-refractivity contribution is 9.10. The number of sulfonamides is 1. The van der Waals surface area contributed by atoms with Crippen LogP contribution >= 0.6 is 15.9 Å². The summed E-state index contributed by atoms with van der Waals surface area (Å²) in [6.07, 6.45) is 3.14. The Hall–Kier alpha value is -0.900. The third-order valence-electron chi connectivity index (χ3n) is 3.59. The molecule has 0 aromatic carbocycles. The van der Waals surface area contributed by atoms with Gasteiger partial charge in [-0.05, 0) is 42.4 Å². The van der Waals surface area contributed by atoms with Crippen molar-refractivity contribution in [1.82, 2.24) is 9.62 Å². The van der Waals surface area contributed by atoms with Gasteiger partial charge in [0.05, 0.1) is 0 Å². The van der Waals surface area contributed by atoms with E-state index in [-0.39, 0.29) is 15.6 Å². The minimum absolute atomic E-state index is 0.107. The Morgan fingerprint density at radius 2 is 2.29 bits per heavy atom. The fourth-order valence-electron chi connectivity index (χ4n) is 2.33. The molecule has 1 fully saturated rings. The van der Waals surface area contributed by atoms with Crippen molar-refractivity contribution in [2.45, 2.75) is 30.2 Å². The topological polar surface area (TPSA) is 99.9 Å². The summed E-state index contributed by atoms with van der Waals surface area (Å²) in [5.41, 5.74) is 0. The number of aromatic carboxylic acids is 1. The number of hydrogen-bond donors (Lipinski definition) is 2. The average molecular weight is 381 g/mol. The molecule has 0 aliphatic carbocycles. The fourth-order valence-corrected chi connectivity index (χ4v) is 4.34. The predicted molar refractivity (Wildman–Crippen MR) is 78.8 cm³/mol. The van der Waals surface area contributed by atoms with Crippen LogP contribution < -0.4 is 4.72 Å². The first-order chi connectivity index (χ1) is 9.81. The van der Waals surface area contributed by atoms with Crippen LogP contribution in [0.3, 0.4) is 0 Å². The average Bonchev–Trinajstić information content (AvgIpc) is 2.81. The SMILES string of the molecule is CN1CCCCC1CNS(=O)(=O)c1cc(C(=O)O)oc1Br. The van der Waals surface area contributed by atoms with Crippen molar-refractivity contribution in [2.24, 2.45) is 0 Å². The summed E-state index contributed by atoms with van der Waals surface area (Å²) < 4.78 is 31.7. The number of nitrogens with one attached hydrogen (secondary N) is 1. The summed E-state index contributed by atoms with van der Waals surface area (Å²) in [6, 6.07) is 1.15. The molecule has 9 heteroatoms. The van der Waals surface area contributed by atoms with Crippen LogP contribution in [0.25, 0.3) is 0 Å². The standard InChI is InChI=1S/C12H17BrN2O5S/c1-15-5-3-2-4-8(15)7-14-21(18,19)10-6-9(12(16)17)20-11(10)13/h6,8,14H,2-5,7H2,1H3,(H,16,17). The molecule has 0 spiro atoms. The Bertz CT molecular complexity index is 628. The molecular formula is C12H17BrN2O5S. The van der Waals surface area contributed by atoms with Crippen molar-refractivity contribution in [3.63, 3.8) is 0 Å². The van der Waals surface area contributed by atoms with Gasteiger partial charge < -0.3 is 14.4 Å². The van der Waals surface area contributed by atoms with Gasteiger partial charge in [0.15, 0.2) is 4.67 Å². The van der Waals surface area contributed by atoms with Gasteiger partial charge in [0, 0.05) is 18.7 Å². The van der Waals surface area contributed by atoms with E-state index < -0.39 is 21.8 Å². The molecule has 7 nitrogen and oxygen atoms in total. The molecule has 1 aromatic heterocycles. The number of carboxylic acids is 1. The van der Waals surface area contributed by atoms with Crippen molar-refractivity contribution >= 4 is 31.9 Å². The molecule has 2 heterocycles. The maximum atomic E-state index is 12.2. The zero-order valence-corrected chi connectivity index (χ0v) is 13.9. The number of furan rings is 1. The van der Waals surface area contributed by atoms with Crippen molar-refractivity contribution < 1.29 is 22.7 Å². The molecule has 0 amide bonds. The van der Waals surface area contributed by atoms with Crippen LogP contribution in [0.4, 0.5) is 0 Å². The van der Waals surface area contributed by atoms with Gasteiger partial charge in [-0.3, -0.25) is 0 Å². The van der Waals surface area contributed by atoms with Crippen LogP contribution in [0.2, 0.25) is 0 Å². The number of carboxylic acid groups (broad SMARTS) is 1. The summed E-state index contributed by atoms with van der Waals surface area (Å²) in [7, 11) is -1.84. The van der Waals surface area contributed by atoms with Crippen molar-refractivity contribution in [3.8, 4) is 0 Å². The molecule has 118 valence electrons.